The van der Waals surface area contributed by atoms with E-state index < -0.39 is 0 Å². The van der Waals surface area contributed by atoms with Crippen molar-refractivity contribution >= 4 is 12.2 Å². The zero-order valence-electron chi connectivity index (χ0n) is 6.11. The van der Waals surface area contributed by atoms with Crippen LogP contribution in [0, 0.1) is 4.77 Å². The molecule has 0 radical (unpaired) electrons. The first-order valence-electron chi connectivity index (χ1n) is 3.40. The summed E-state index contributed by atoms with van der Waals surface area (Å²) in [7, 11) is 0. The van der Waals surface area contributed by atoms with Gasteiger partial charge in [0, 0.05) is 6.20 Å². The van der Waals surface area contributed by atoms with Crippen molar-refractivity contribution in [3.8, 4) is 11.4 Å². The molecule has 4 nitrogen and oxygen atoms in total. The molecule has 0 saturated carbocycles. The summed E-state index contributed by atoms with van der Waals surface area (Å²) in [4.78, 5) is 13.7. The second-order valence-corrected chi connectivity index (χ2v) is 2.64. The van der Waals surface area contributed by atoms with E-state index in [4.69, 9.17) is 12.2 Å². The van der Waals surface area contributed by atoms with Crippen LogP contribution in [-0.2, 0) is 0 Å². The molecule has 5 heteroatoms. The topological polar surface area (TPSA) is 57.4 Å². The highest BCUT2D eigenvalue weighted by atomic mass is 32.1. The van der Waals surface area contributed by atoms with Crippen molar-refractivity contribution in [2.75, 3.05) is 0 Å². The minimum atomic E-state index is 0.474. The van der Waals surface area contributed by atoms with Gasteiger partial charge < -0.3 is 9.97 Å². The van der Waals surface area contributed by atoms with Gasteiger partial charge in [-0.2, -0.15) is 0 Å². The number of aromatic nitrogens is 4. The maximum atomic E-state index is 4.87. The molecule has 2 rings (SSSR count). The van der Waals surface area contributed by atoms with Gasteiger partial charge in [0.15, 0.2) is 4.77 Å². The summed E-state index contributed by atoms with van der Waals surface area (Å²) in [6.07, 6.45) is 5.00. The molecule has 0 bridgehead atoms. The Kier molecular flexibility index (Phi) is 1.71. The molecule has 0 fully saturated rings. The van der Waals surface area contributed by atoms with Gasteiger partial charge >= 0.3 is 0 Å². The van der Waals surface area contributed by atoms with Crippen molar-refractivity contribution in [1.82, 2.24) is 19.9 Å². The first-order valence-corrected chi connectivity index (χ1v) is 3.81. The van der Waals surface area contributed by atoms with E-state index in [0.29, 0.717) is 4.77 Å². The van der Waals surface area contributed by atoms with E-state index in [1.54, 1.807) is 18.7 Å². The predicted molar refractivity (Wildman–Crippen MR) is 47.0 cm³/mol. The maximum Gasteiger partial charge on any atom is 0.197 e. The van der Waals surface area contributed by atoms with Gasteiger partial charge in [-0.05, 0) is 18.3 Å². The summed E-state index contributed by atoms with van der Waals surface area (Å²) in [5.74, 6) is 0. The van der Waals surface area contributed by atoms with Crippen LogP contribution >= 0.6 is 12.2 Å². The van der Waals surface area contributed by atoms with Gasteiger partial charge in [0.05, 0.1) is 23.9 Å². The average Bonchev–Trinajstić information content (AvgIpc) is 2.56. The van der Waals surface area contributed by atoms with Crippen LogP contribution in [0.2, 0.25) is 0 Å². The number of hydrogen-bond acceptors (Lipinski definition) is 3. The first-order chi connectivity index (χ1) is 5.86. The zero-order chi connectivity index (χ0) is 8.39. The second-order valence-electron chi connectivity index (χ2n) is 2.25. The van der Waals surface area contributed by atoms with E-state index in [9.17, 15) is 0 Å². The Bertz CT molecular complexity index is 417. The van der Waals surface area contributed by atoms with Crippen LogP contribution in [-0.4, -0.2) is 19.9 Å². The standard InChI is InChI=1S/C7H6N4S/c12-7-9-2-1-5(11-7)6-3-8-4-10-6/h1-4H,(H,8,10)(H,9,11,12). The molecule has 60 valence electrons. The molecule has 2 N–H and O–H groups in total. The Morgan fingerprint density at radius 1 is 1.33 bits per heavy atom. The number of imidazole rings is 1. The van der Waals surface area contributed by atoms with Gasteiger partial charge in [-0.3, -0.25) is 0 Å². The van der Waals surface area contributed by atoms with Crippen molar-refractivity contribution in [2.24, 2.45) is 0 Å². The average molecular weight is 178 g/mol. The Morgan fingerprint density at radius 2 is 2.25 bits per heavy atom. The smallest absolute Gasteiger partial charge is 0.197 e. The summed E-state index contributed by atoms with van der Waals surface area (Å²) in [6, 6.07) is 1.84. The second kappa shape index (κ2) is 2.86. The van der Waals surface area contributed by atoms with E-state index in [1.165, 1.54) is 0 Å². The highest BCUT2D eigenvalue weighted by Crippen LogP contribution is 2.10. The van der Waals surface area contributed by atoms with Crippen LogP contribution in [0.25, 0.3) is 11.4 Å². The first kappa shape index (κ1) is 7.17. The van der Waals surface area contributed by atoms with Crippen molar-refractivity contribution in [1.29, 1.82) is 0 Å². The van der Waals surface area contributed by atoms with E-state index in [-0.39, 0.29) is 0 Å². The van der Waals surface area contributed by atoms with Gasteiger partial charge in [0.25, 0.3) is 0 Å². The SMILES string of the molecule is S=c1nccc(-c2cnc[nH]2)[nH]1. The van der Waals surface area contributed by atoms with Gasteiger partial charge in [0.2, 0.25) is 0 Å². The molecular formula is C7H6N4S. The third-order valence-corrected chi connectivity index (χ3v) is 1.67. The molecule has 2 aromatic heterocycles. The highest BCUT2D eigenvalue weighted by Gasteiger charge is 1.96. The number of H-pyrrole nitrogens is 2. The lowest BCUT2D eigenvalue weighted by atomic mass is 10.3. The van der Waals surface area contributed by atoms with Crippen LogP contribution in [0.1, 0.15) is 0 Å². The van der Waals surface area contributed by atoms with Crippen molar-refractivity contribution in [3.05, 3.63) is 29.6 Å². The molecule has 0 saturated heterocycles. The molecule has 0 spiro atoms. The summed E-state index contributed by atoms with van der Waals surface area (Å²) >= 11 is 4.87. The lowest BCUT2D eigenvalue weighted by Crippen LogP contribution is -1.85. The third-order valence-electron chi connectivity index (χ3n) is 1.46. The zero-order valence-corrected chi connectivity index (χ0v) is 6.93. The molecule has 0 aliphatic heterocycles. The van der Waals surface area contributed by atoms with Crippen molar-refractivity contribution in [2.45, 2.75) is 0 Å². The van der Waals surface area contributed by atoms with Crippen LogP contribution in [0.15, 0.2) is 24.8 Å². The fourth-order valence-corrected chi connectivity index (χ4v) is 1.10. The number of hydrogen-bond donors (Lipinski definition) is 2. The molecular weight excluding hydrogens is 172 g/mol. The van der Waals surface area contributed by atoms with Gasteiger partial charge in [-0.15, -0.1) is 0 Å². The number of rotatable bonds is 1. The molecule has 0 amide bonds. The molecule has 0 aromatic carbocycles. The Balaban J connectivity index is 2.55. The normalized spacial score (nSPS) is 10.0. The molecule has 12 heavy (non-hydrogen) atoms. The summed E-state index contributed by atoms with van der Waals surface area (Å²) in [6.45, 7) is 0. The predicted octanol–water partition coefficient (Wildman–Crippen LogP) is 1.53. The van der Waals surface area contributed by atoms with E-state index in [1.807, 2.05) is 6.07 Å². The van der Waals surface area contributed by atoms with Crippen LogP contribution < -0.4 is 0 Å². The van der Waals surface area contributed by atoms with Gasteiger partial charge in [0.1, 0.15) is 0 Å². The van der Waals surface area contributed by atoms with E-state index in [0.717, 1.165) is 11.4 Å². The lowest BCUT2D eigenvalue weighted by Gasteiger charge is -1.94. The number of nitrogens with one attached hydrogen (secondary N) is 2. The largest absolute Gasteiger partial charge is 0.343 e. The molecule has 2 heterocycles. The lowest BCUT2D eigenvalue weighted by molar-refractivity contribution is 1.13. The molecule has 0 aliphatic rings. The molecule has 0 aliphatic carbocycles. The van der Waals surface area contributed by atoms with E-state index >= 15 is 0 Å². The fraction of sp³-hybridized carbons (Fsp3) is 0. The Labute approximate surface area is 73.7 Å². The number of aromatic amines is 2. The highest BCUT2D eigenvalue weighted by molar-refractivity contribution is 7.71. The van der Waals surface area contributed by atoms with Crippen LogP contribution in [0.5, 0.6) is 0 Å². The minimum Gasteiger partial charge on any atom is -0.343 e. The van der Waals surface area contributed by atoms with Crippen LogP contribution in [0.3, 0.4) is 0 Å². The summed E-state index contributed by atoms with van der Waals surface area (Å²) < 4.78 is 0.474. The van der Waals surface area contributed by atoms with Gasteiger partial charge in [-0.25, -0.2) is 9.97 Å². The molecule has 0 unspecified atom stereocenters. The minimum absolute atomic E-state index is 0.474. The van der Waals surface area contributed by atoms with Gasteiger partial charge in [-0.1, -0.05) is 0 Å². The summed E-state index contributed by atoms with van der Waals surface area (Å²) in [5, 5.41) is 0. The van der Waals surface area contributed by atoms with Crippen LogP contribution in [0.4, 0.5) is 0 Å². The third kappa shape index (κ3) is 1.26. The quantitative estimate of drug-likeness (QED) is 0.651. The Hall–Kier alpha value is -1.49. The Morgan fingerprint density at radius 3 is 2.92 bits per heavy atom. The number of nitrogens with zero attached hydrogens (tertiary/aromatic N) is 2. The van der Waals surface area contributed by atoms with Crippen molar-refractivity contribution < 1.29 is 0 Å². The fourth-order valence-electron chi connectivity index (χ4n) is 0.929. The maximum absolute atomic E-state index is 4.87. The van der Waals surface area contributed by atoms with Crippen molar-refractivity contribution in [3.63, 3.8) is 0 Å². The van der Waals surface area contributed by atoms with E-state index in [2.05, 4.69) is 19.9 Å². The molecule has 0 atom stereocenters. The molecule has 2 aromatic rings. The summed E-state index contributed by atoms with van der Waals surface area (Å²) in [5.41, 5.74) is 1.80. The monoisotopic (exact) mass is 178 g/mol.